The minimum Gasteiger partial charge on any atom is -0.378 e. The van der Waals surface area contributed by atoms with Crippen LogP contribution in [-0.2, 0) is 22.7 Å². The van der Waals surface area contributed by atoms with Crippen LogP contribution < -0.4 is 0 Å². The average Bonchev–Trinajstić information content (AvgIpc) is 3.30. The number of hydrogen-bond donors (Lipinski definition) is 0. The quantitative estimate of drug-likeness (QED) is 0.379. The summed E-state index contributed by atoms with van der Waals surface area (Å²) in [7, 11) is 0. The van der Waals surface area contributed by atoms with Gasteiger partial charge in [0.2, 0.25) is 0 Å². The number of para-hydroxylation sites is 1. The molecule has 0 spiro atoms. The molecule has 1 aliphatic rings. The maximum Gasteiger partial charge on any atom is 0.335 e. The van der Waals surface area contributed by atoms with Crippen molar-refractivity contribution in [3.63, 3.8) is 0 Å². The summed E-state index contributed by atoms with van der Waals surface area (Å²) in [5, 5.41) is 10.7. The molecule has 0 bridgehead atoms. The summed E-state index contributed by atoms with van der Waals surface area (Å²) in [4.78, 5) is 15.2. The topological polar surface area (TPSA) is 92.4 Å². The molecule has 1 amide bonds. The normalized spacial score (nSPS) is 12.9. The van der Waals surface area contributed by atoms with Gasteiger partial charge in [0.1, 0.15) is 0 Å². The third-order valence-corrected chi connectivity index (χ3v) is 7.07. The Balaban J connectivity index is 0.00000107. The molecule has 4 aromatic rings. The van der Waals surface area contributed by atoms with E-state index in [1.165, 1.54) is 11.1 Å². The van der Waals surface area contributed by atoms with E-state index in [4.69, 9.17) is 13.2 Å². The summed E-state index contributed by atoms with van der Waals surface area (Å²) in [6.45, 7) is 8.66. The molecule has 194 valence electrons. The summed E-state index contributed by atoms with van der Waals surface area (Å²) in [5.74, 6) is 0.0742. The van der Waals surface area contributed by atoms with E-state index >= 15 is 0 Å². The van der Waals surface area contributed by atoms with Gasteiger partial charge in [0.05, 0.1) is 30.4 Å². The first kappa shape index (κ1) is 27.0. The van der Waals surface area contributed by atoms with Gasteiger partial charge >= 0.3 is 11.6 Å². The van der Waals surface area contributed by atoms with Crippen LogP contribution in [0.5, 0.6) is 0 Å². The predicted octanol–water partition coefficient (Wildman–Crippen LogP) is 4.82. The summed E-state index contributed by atoms with van der Waals surface area (Å²) in [5.41, 5.74) is 9.08. The Labute approximate surface area is 225 Å². The average molecular weight is 528 g/mol. The van der Waals surface area contributed by atoms with Crippen molar-refractivity contribution in [2.24, 2.45) is 0 Å². The van der Waals surface area contributed by atoms with E-state index in [9.17, 15) is 10.1 Å². The molecular formula is C30H29N3O4S. The smallest absolute Gasteiger partial charge is 0.335 e. The summed E-state index contributed by atoms with van der Waals surface area (Å²) in [6, 6.07) is 22.7. The second-order valence-corrected chi connectivity index (χ2v) is 9.46. The number of rotatable bonds is 4. The highest BCUT2D eigenvalue weighted by Gasteiger charge is 2.23. The largest absolute Gasteiger partial charge is 0.378 e. The van der Waals surface area contributed by atoms with Crippen molar-refractivity contribution in [2.75, 3.05) is 26.3 Å². The fourth-order valence-electron chi connectivity index (χ4n) is 5.13. The number of morpholine rings is 1. The first-order valence-corrected chi connectivity index (χ1v) is 13.0. The minimum atomic E-state index is -0.750. The zero-order chi connectivity index (χ0) is 27.2. The van der Waals surface area contributed by atoms with E-state index in [1.807, 2.05) is 41.3 Å². The van der Waals surface area contributed by atoms with E-state index in [2.05, 4.69) is 55.7 Å². The molecular weight excluding hydrogens is 498 g/mol. The fourth-order valence-corrected chi connectivity index (χ4v) is 5.13. The third kappa shape index (κ3) is 5.44. The van der Waals surface area contributed by atoms with Gasteiger partial charge in [-0.15, -0.1) is 0 Å². The second-order valence-electron chi connectivity index (χ2n) is 9.33. The number of ether oxygens (including phenoxy) is 1. The highest BCUT2D eigenvalue weighted by atomic mass is 32.1. The van der Waals surface area contributed by atoms with E-state index in [0.29, 0.717) is 38.3 Å². The number of fused-ring (bicyclic) bond motifs is 1. The standard InChI is InChI=1S/C30H29N3O2.O2S/c1-20-9-10-26(30(34)32-11-13-35-14-12-32)22(3)27(20)17-25-18-28-21(2)15-23(19-31)16-29(28)33(25)24-7-5-4-6-8-24;1-3-2/h4-10,15-16,18H,11-14,17H2,1-3H3;. The van der Waals surface area contributed by atoms with Crippen LogP contribution >= 0.6 is 0 Å². The monoisotopic (exact) mass is 527 g/mol. The Morgan fingerprint density at radius 1 is 0.974 bits per heavy atom. The lowest BCUT2D eigenvalue weighted by molar-refractivity contribution is 0.0302. The number of aryl methyl sites for hydroxylation is 2. The van der Waals surface area contributed by atoms with Gasteiger partial charge in [-0.3, -0.25) is 4.79 Å². The van der Waals surface area contributed by atoms with Crippen molar-refractivity contribution >= 4 is 28.4 Å². The maximum atomic E-state index is 13.3. The molecule has 8 heteroatoms. The van der Waals surface area contributed by atoms with Gasteiger partial charge < -0.3 is 14.2 Å². The number of nitrogens with zero attached hydrogens (tertiary/aromatic N) is 3. The molecule has 0 radical (unpaired) electrons. The highest BCUT2D eigenvalue weighted by Crippen LogP contribution is 2.31. The van der Waals surface area contributed by atoms with Crippen LogP contribution in [0.3, 0.4) is 0 Å². The van der Waals surface area contributed by atoms with Crippen molar-refractivity contribution in [3.05, 3.63) is 99.7 Å². The van der Waals surface area contributed by atoms with Crippen LogP contribution in [0.1, 0.15) is 43.9 Å². The molecule has 1 aliphatic heterocycles. The molecule has 0 N–H and O–H groups in total. The molecule has 0 unspecified atom stereocenters. The number of aromatic nitrogens is 1. The number of benzene rings is 3. The Bertz CT molecular complexity index is 1560. The minimum absolute atomic E-state index is 0.0742. The molecule has 38 heavy (non-hydrogen) atoms. The van der Waals surface area contributed by atoms with Crippen molar-refractivity contribution in [1.82, 2.24) is 9.47 Å². The Kier molecular flexibility index (Phi) is 8.52. The summed E-state index contributed by atoms with van der Waals surface area (Å²) in [6.07, 6.45) is 0.687. The highest BCUT2D eigenvalue weighted by molar-refractivity contribution is 7.51. The fraction of sp³-hybridized carbons (Fsp3) is 0.267. The van der Waals surface area contributed by atoms with E-state index in [0.717, 1.165) is 39.0 Å². The Morgan fingerprint density at radius 2 is 1.66 bits per heavy atom. The van der Waals surface area contributed by atoms with Crippen molar-refractivity contribution < 1.29 is 17.9 Å². The van der Waals surface area contributed by atoms with Crippen molar-refractivity contribution in [2.45, 2.75) is 27.2 Å². The molecule has 1 fully saturated rings. The first-order chi connectivity index (χ1) is 18.4. The molecule has 5 rings (SSSR count). The van der Waals surface area contributed by atoms with Crippen LogP contribution in [0.2, 0.25) is 0 Å². The summed E-state index contributed by atoms with van der Waals surface area (Å²) >= 11 is -0.750. The number of carbonyl (C=O) groups excluding carboxylic acids is 1. The van der Waals surface area contributed by atoms with E-state index in [-0.39, 0.29) is 5.91 Å². The van der Waals surface area contributed by atoms with Crippen LogP contribution in [0.4, 0.5) is 0 Å². The molecule has 0 saturated carbocycles. The second kappa shape index (κ2) is 12.0. The van der Waals surface area contributed by atoms with Gasteiger partial charge in [0.15, 0.2) is 0 Å². The number of amides is 1. The van der Waals surface area contributed by atoms with Gasteiger partial charge in [-0.1, -0.05) is 24.3 Å². The van der Waals surface area contributed by atoms with Crippen molar-refractivity contribution in [3.8, 4) is 11.8 Å². The SMILES string of the molecule is Cc1ccc(C(=O)N2CCOCC2)c(C)c1Cc1cc2c(C)cc(C#N)cc2n1-c1ccccc1.O=S=O. The number of carbonyl (C=O) groups is 1. The van der Waals surface area contributed by atoms with Gasteiger partial charge in [-0.05, 0) is 79.4 Å². The van der Waals surface area contributed by atoms with Gasteiger partial charge in [-0.2, -0.15) is 13.7 Å². The van der Waals surface area contributed by atoms with E-state index in [1.54, 1.807) is 0 Å². The maximum absolute atomic E-state index is 13.3. The van der Waals surface area contributed by atoms with Crippen molar-refractivity contribution in [1.29, 1.82) is 5.26 Å². The molecule has 1 aromatic heterocycles. The van der Waals surface area contributed by atoms with Crippen LogP contribution in [0, 0.1) is 32.1 Å². The third-order valence-electron chi connectivity index (χ3n) is 7.07. The van der Waals surface area contributed by atoms with Crippen LogP contribution in [0.25, 0.3) is 16.6 Å². The predicted molar refractivity (Wildman–Crippen MR) is 147 cm³/mol. The van der Waals surface area contributed by atoms with Gasteiger partial charge in [0, 0.05) is 41.8 Å². The van der Waals surface area contributed by atoms with Gasteiger partial charge in [0.25, 0.3) is 5.91 Å². The lowest BCUT2D eigenvalue weighted by Gasteiger charge is -2.28. The van der Waals surface area contributed by atoms with E-state index < -0.39 is 11.6 Å². The molecule has 3 aromatic carbocycles. The molecule has 1 saturated heterocycles. The number of hydrogen-bond acceptors (Lipinski definition) is 5. The number of nitriles is 1. The Morgan fingerprint density at radius 3 is 2.32 bits per heavy atom. The summed E-state index contributed by atoms with van der Waals surface area (Å²) < 4.78 is 24.3. The lowest BCUT2D eigenvalue weighted by atomic mass is 9.93. The Hall–Kier alpha value is -4.06. The van der Waals surface area contributed by atoms with Gasteiger partial charge in [-0.25, -0.2) is 0 Å². The van der Waals surface area contributed by atoms with Crippen LogP contribution in [0.15, 0.2) is 60.7 Å². The zero-order valence-electron chi connectivity index (χ0n) is 21.7. The molecule has 0 atom stereocenters. The first-order valence-electron chi connectivity index (χ1n) is 12.4. The lowest BCUT2D eigenvalue weighted by Crippen LogP contribution is -2.41. The van der Waals surface area contributed by atoms with Crippen LogP contribution in [-0.4, -0.2) is 50.1 Å². The zero-order valence-corrected chi connectivity index (χ0v) is 22.5. The molecule has 7 nitrogen and oxygen atoms in total. The molecule has 2 heterocycles. The molecule has 0 aliphatic carbocycles.